The second kappa shape index (κ2) is 19.7. The maximum atomic E-state index is 10.9. The molecule has 1 N–H and O–H groups in total. The summed E-state index contributed by atoms with van der Waals surface area (Å²) in [5.41, 5.74) is 0. The van der Waals surface area contributed by atoms with E-state index in [1.807, 2.05) is 0 Å². The fourth-order valence-corrected chi connectivity index (χ4v) is 3.14. The van der Waals surface area contributed by atoms with Crippen LogP contribution >= 0.6 is 47.1 Å². The molecule has 14 heteroatoms. The Bertz CT molecular complexity index is 634. The topological polar surface area (TPSA) is 101 Å². The Kier molecular flexibility index (Phi) is 21.2. The van der Waals surface area contributed by atoms with Gasteiger partial charge in [0.2, 0.25) is 9.60 Å². The minimum absolute atomic E-state index is 0. The van der Waals surface area contributed by atoms with E-state index >= 15 is 0 Å². The summed E-state index contributed by atoms with van der Waals surface area (Å²) < 4.78 is 8.04. The van der Waals surface area contributed by atoms with Crippen LogP contribution in [0.2, 0.25) is 4.47 Å². The molecule has 2 aromatic heterocycles. The molecule has 2 saturated heterocycles. The van der Waals surface area contributed by atoms with Crippen molar-refractivity contribution < 1.29 is 9.59 Å². The van der Waals surface area contributed by atoms with Crippen LogP contribution in [0.3, 0.4) is 0 Å². The third-order valence-corrected chi connectivity index (χ3v) is 4.92. The fourth-order valence-electron chi connectivity index (χ4n) is 2.12. The Morgan fingerprint density at radius 3 is 1.82 bits per heavy atom. The number of anilines is 1. The Labute approximate surface area is 229 Å². The van der Waals surface area contributed by atoms with Crippen LogP contribution in [0.4, 0.5) is 5.13 Å². The molecule has 0 aromatic carbocycles. The summed E-state index contributed by atoms with van der Waals surface area (Å²) in [7, 11) is 0. The molecular weight excluding hydrogens is 497 g/mol. The van der Waals surface area contributed by atoms with Gasteiger partial charge in [-0.25, -0.2) is 9.97 Å². The summed E-state index contributed by atoms with van der Waals surface area (Å²) >= 11 is 10.4. The van der Waals surface area contributed by atoms with Gasteiger partial charge in [0, 0.05) is 63.4 Å². The average molecular weight is 518 g/mol. The zero-order valence-electron chi connectivity index (χ0n) is 16.0. The van der Waals surface area contributed by atoms with Crippen LogP contribution in [0, 0.1) is 0 Å². The quantitative estimate of drug-likeness (QED) is 0.568. The van der Waals surface area contributed by atoms with Crippen molar-refractivity contribution in [2.45, 2.75) is 25.7 Å². The summed E-state index contributed by atoms with van der Waals surface area (Å²) in [5, 5.41) is 4.03. The number of aromatic nitrogens is 4. The molecule has 8 nitrogen and oxygen atoms in total. The van der Waals surface area contributed by atoms with Crippen molar-refractivity contribution in [1.29, 1.82) is 0 Å². The van der Waals surface area contributed by atoms with Crippen molar-refractivity contribution in [3.8, 4) is 0 Å². The van der Waals surface area contributed by atoms with Gasteiger partial charge in [-0.3, -0.25) is 9.59 Å². The van der Waals surface area contributed by atoms with Crippen LogP contribution in [-0.4, -0.2) is 120 Å². The SMILES string of the molecule is Cl.Clc1ncns1.O=C1CCN(c2ncns2)CC1.O=C1CCNCC1.[K][K]. The van der Waals surface area contributed by atoms with E-state index in [4.69, 9.17) is 11.6 Å². The van der Waals surface area contributed by atoms with Crippen LogP contribution < -0.4 is 10.2 Å². The van der Waals surface area contributed by atoms with Crippen LogP contribution in [-0.2, 0) is 9.59 Å². The number of carbonyl (C=O) groups excluding carboxylic acids is 2. The summed E-state index contributed by atoms with van der Waals surface area (Å²) in [5.74, 6) is 0.759. The predicted molar refractivity (Wildman–Crippen MR) is 117 cm³/mol. The molecule has 2 aromatic rings. The van der Waals surface area contributed by atoms with Crippen molar-refractivity contribution in [1.82, 2.24) is 24.0 Å². The molecule has 146 valence electrons. The number of hydrogen-bond donors (Lipinski definition) is 1. The fraction of sp³-hybridized carbons (Fsp3) is 0.571. The van der Waals surface area contributed by atoms with Gasteiger partial charge in [0.05, 0.1) is 0 Å². The Morgan fingerprint density at radius 2 is 1.46 bits per heavy atom. The van der Waals surface area contributed by atoms with E-state index in [0.717, 1.165) is 44.2 Å². The third kappa shape index (κ3) is 14.2. The molecule has 0 saturated carbocycles. The Balaban J connectivity index is 0.000000393. The first-order valence-corrected chi connectivity index (χ1v) is 26.8. The first-order chi connectivity index (χ1) is 13.1. The number of rotatable bonds is 1. The van der Waals surface area contributed by atoms with Crippen molar-refractivity contribution >= 4 is 127 Å². The number of nitrogens with one attached hydrogen (secondary N) is 1. The minimum atomic E-state index is 0. The Morgan fingerprint density at radius 1 is 0.929 bits per heavy atom. The van der Waals surface area contributed by atoms with Gasteiger partial charge in [0.15, 0.2) is 0 Å². The van der Waals surface area contributed by atoms with Crippen molar-refractivity contribution in [2.24, 2.45) is 0 Å². The van der Waals surface area contributed by atoms with Gasteiger partial charge in [0.1, 0.15) is 24.2 Å². The molecule has 2 aliphatic rings. The number of carbonyl (C=O) groups is 2. The summed E-state index contributed by atoms with van der Waals surface area (Å²) in [6.45, 7) is 3.37. The maximum absolute atomic E-state index is 10.9. The summed E-state index contributed by atoms with van der Waals surface area (Å²) in [4.78, 5) is 31.1. The number of piperidine rings is 2. The molecule has 2 fully saturated rings. The van der Waals surface area contributed by atoms with Gasteiger partial charge in [0.25, 0.3) is 0 Å². The van der Waals surface area contributed by atoms with Crippen LogP contribution in [0.1, 0.15) is 25.7 Å². The molecule has 2 aliphatic heterocycles. The number of hydrogen-bond acceptors (Lipinski definition) is 10. The van der Waals surface area contributed by atoms with Gasteiger partial charge in [-0.2, -0.15) is 8.75 Å². The van der Waals surface area contributed by atoms with E-state index in [1.54, 1.807) is 6.33 Å². The van der Waals surface area contributed by atoms with Crippen LogP contribution in [0.25, 0.3) is 0 Å². The van der Waals surface area contributed by atoms with Crippen molar-refractivity contribution in [3.05, 3.63) is 17.1 Å². The third-order valence-electron chi connectivity index (χ3n) is 3.44. The predicted octanol–water partition coefficient (Wildman–Crippen LogP) is 1.50. The molecule has 4 rings (SSSR count). The van der Waals surface area contributed by atoms with Crippen LogP contribution in [0.15, 0.2) is 12.7 Å². The second-order valence-corrected chi connectivity index (χ2v) is 7.35. The standard InChI is InChI=1S/C7H9N3OS.C5H9NO.C2HClN2S.ClH.2K/c11-6-1-3-10(4-2-6)7-8-5-9-12-7;7-5-1-3-6-4-2-5;3-2-4-1-5-6-2;;;/h5H,1-4H2;6H,1-4H2;1H;1H;;. The first-order valence-electron chi connectivity index (χ1n) is 8.83. The second-order valence-electron chi connectivity index (χ2n) is 5.23. The van der Waals surface area contributed by atoms with E-state index in [0.29, 0.717) is 28.9 Å². The van der Waals surface area contributed by atoms with E-state index < -0.39 is 0 Å². The van der Waals surface area contributed by atoms with Gasteiger partial charge in [-0.05, 0) is 23.1 Å². The zero-order valence-corrected chi connectivity index (χ0v) is 25.4. The number of halogens is 2. The van der Waals surface area contributed by atoms with E-state index in [9.17, 15) is 9.59 Å². The molecule has 0 amide bonds. The number of Topliss-reactive ketones (excluding diaryl/α,β-unsaturated/α-hetero) is 2. The molecule has 28 heavy (non-hydrogen) atoms. The summed E-state index contributed by atoms with van der Waals surface area (Å²) in [6, 6.07) is 0. The van der Waals surface area contributed by atoms with Gasteiger partial charge in [-0.15, -0.1) is 12.4 Å². The number of ketones is 2. The van der Waals surface area contributed by atoms with Gasteiger partial charge in [-0.1, -0.05) is 0 Å². The molecule has 0 atom stereocenters. The first kappa shape index (κ1) is 30.1. The molecule has 0 bridgehead atoms. The van der Waals surface area contributed by atoms with E-state index in [2.05, 4.69) is 28.9 Å². The van der Waals surface area contributed by atoms with Gasteiger partial charge < -0.3 is 10.2 Å². The normalized spacial score (nSPS) is 15.7. The molecule has 0 spiro atoms. The molecule has 0 aliphatic carbocycles. The zero-order chi connectivity index (χ0) is 19.9. The van der Waals surface area contributed by atoms with E-state index in [-0.39, 0.29) is 12.4 Å². The molecule has 0 unspecified atom stereocenters. The Hall–Kier alpha value is 2.07. The molecule has 0 radical (unpaired) electrons. The van der Waals surface area contributed by atoms with E-state index in [1.165, 1.54) is 92.5 Å². The van der Waals surface area contributed by atoms with Crippen LogP contribution in [0.5, 0.6) is 0 Å². The van der Waals surface area contributed by atoms with Gasteiger partial charge >= 0.3 is 63.2 Å². The monoisotopic (exact) mass is 516 g/mol. The molecule has 4 heterocycles. The average Bonchev–Trinajstić information content (AvgIpc) is 3.40. The van der Waals surface area contributed by atoms with Crippen molar-refractivity contribution in [3.63, 3.8) is 0 Å². The number of nitrogens with zero attached hydrogens (tertiary/aromatic N) is 5. The van der Waals surface area contributed by atoms with Crippen molar-refractivity contribution in [2.75, 3.05) is 31.1 Å². The summed E-state index contributed by atoms with van der Waals surface area (Å²) in [6.07, 6.45) is 5.75. The molecular formula is C14H20Cl2K2N6O2S2.